The van der Waals surface area contributed by atoms with Gasteiger partial charge in [-0.2, -0.15) is 0 Å². The van der Waals surface area contributed by atoms with E-state index in [1.54, 1.807) is 0 Å². The first-order valence-corrected chi connectivity index (χ1v) is 6.42. The molecule has 0 unspecified atom stereocenters. The zero-order valence-corrected chi connectivity index (χ0v) is 10.5. The number of carboxylic acids is 1. The van der Waals surface area contributed by atoms with Crippen LogP contribution in [0.25, 0.3) is 0 Å². The van der Waals surface area contributed by atoms with Crippen molar-refractivity contribution in [1.82, 2.24) is 4.98 Å². The van der Waals surface area contributed by atoms with Crippen molar-refractivity contribution in [3.8, 4) is 0 Å². The predicted molar refractivity (Wildman–Crippen MR) is 64.7 cm³/mol. The van der Waals surface area contributed by atoms with Crippen LogP contribution in [0.2, 0.25) is 5.15 Å². The maximum absolute atomic E-state index is 10.8. The molecular weight excluding hydrogens is 248 g/mol. The van der Waals surface area contributed by atoms with E-state index in [0.29, 0.717) is 0 Å². The minimum atomic E-state index is -1.00. The molecule has 1 N–H and O–H groups in total. The summed E-state index contributed by atoms with van der Waals surface area (Å²) in [4.78, 5) is 17.2. The lowest BCUT2D eigenvalue weighted by molar-refractivity contribution is 0.0702. The van der Waals surface area contributed by atoms with Crippen LogP contribution >= 0.6 is 22.9 Å². The van der Waals surface area contributed by atoms with E-state index in [9.17, 15) is 4.79 Å². The fourth-order valence-corrected chi connectivity index (χ4v) is 2.93. The Bertz CT molecular complexity index is 400. The molecule has 0 amide bonds. The summed E-state index contributed by atoms with van der Waals surface area (Å²) in [6.45, 7) is 4.10. The van der Waals surface area contributed by atoms with E-state index in [-0.39, 0.29) is 10.0 Å². The third kappa shape index (κ3) is 2.30. The standard InChI is InChI=1S/C10H13ClN2O2S/c1-6-2-4-13(5-3-6)10-12-8(11)7(16-10)9(14)15/h6H,2-5H2,1H3,(H,14,15). The Balaban J connectivity index is 2.15. The third-order valence-electron chi connectivity index (χ3n) is 2.82. The van der Waals surface area contributed by atoms with Gasteiger partial charge in [-0.15, -0.1) is 0 Å². The molecule has 2 rings (SSSR count). The first-order valence-electron chi connectivity index (χ1n) is 5.22. The molecule has 1 aromatic heterocycles. The number of carbonyl (C=O) groups is 1. The van der Waals surface area contributed by atoms with Gasteiger partial charge in [-0.3, -0.25) is 0 Å². The van der Waals surface area contributed by atoms with Crippen molar-refractivity contribution in [2.75, 3.05) is 18.0 Å². The van der Waals surface area contributed by atoms with Crippen LogP contribution in [-0.2, 0) is 0 Å². The van der Waals surface area contributed by atoms with E-state index in [0.717, 1.165) is 48.3 Å². The van der Waals surface area contributed by atoms with Gasteiger partial charge < -0.3 is 10.0 Å². The summed E-state index contributed by atoms with van der Waals surface area (Å²) >= 11 is 6.94. The molecule has 4 nitrogen and oxygen atoms in total. The van der Waals surface area contributed by atoms with Gasteiger partial charge in [0.05, 0.1) is 0 Å². The van der Waals surface area contributed by atoms with Crippen molar-refractivity contribution in [2.45, 2.75) is 19.8 Å². The van der Waals surface area contributed by atoms with Crippen LogP contribution in [0.3, 0.4) is 0 Å². The van der Waals surface area contributed by atoms with Gasteiger partial charge in [0.15, 0.2) is 15.2 Å². The van der Waals surface area contributed by atoms with Crippen LogP contribution < -0.4 is 4.90 Å². The maximum Gasteiger partial charge on any atom is 0.349 e. The molecule has 1 aliphatic rings. The molecule has 0 atom stereocenters. The number of rotatable bonds is 2. The average Bonchev–Trinajstić information content (AvgIpc) is 2.61. The van der Waals surface area contributed by atoms with Gasteiger partial charge in [-0.25, -0.2) is 9.78 Å². The van der Waals surface area contributed by atoms with E-state index in [1.165, 1.54) is 0 Å². The molecule has 0 bridgehead atoms. The zero-order chi connectivity index (χ0) is 11.7. The number of carboxylic acid groups (broad SMARTS) is 1. The number of hydrogen-bond acceptors (Lipinski definition) is 4. The first-order chi connectivity index (χ1) is 7.58. The fraction of sp³-hybridized carbons (Fsp3) is 0.600. The van der Waals surface area contributed by atoms with Gasteiger partial charge in [0, 0.05) is 13.1 Å². The predicted octanol–water partition coefficient (Wildman–Crippen LogP) is 2.73. The summed E-state index contributed by atoms with van der Waals surface area (Å²) in [5, 5.41) is 9.72. The third-order valence-corrected chi connectivity index (χ3v) is 4.31. The lowest BCUT2D eigenvalue weighted by Gasteiger charge is -2.29. The first kappa shape index (κ1) is 11.7. The molecule has 1 fully saturated rings. The summed E-state index contributed by atoms with van der Waals surface area (Å²) < 4.78 is 0. The topological polar surface area (TPSA) is 53.4 Å². The quantitative estimate of drug-likeness (QED) is 0.888. The number of anilines is 1. The van der Waals surface area contributed by atoms with E-state index in [2.05, 4.69) is 16.8 Å². The zero-order valence-electron chi connectivity index (χ0n) is 8.94. The second-order valence-electron chi connectivity index (χ2n) is 4.09. The molecule has 0 radical (unpaired) electrons. The highest BCUT2D eigenvalue weighted by Gasteiger charge is 2.22. The highest BCUT2D eigenvalue weighted by molar-refractivity contribution is 7.18. The Morgan fingerprint density at radius 3 is 2.69 bits per heavy atom. The summed E-state index contributed by atoms with van der Waals surface area (Å²) in [6.07, 6.45) is 2.25. The minimum absolute atomic E-state index is 0.103. The Morgan fingerprint density at radius 1 is 1.56 bits per heavy atom. The number of aromatic carboxylic acids is 1. The Morgan fingerprint density at radius 2 is 2.19 bits per heavy atom. The molecular formula is C10H13ClN2O2S. The van der Waals surface area contributed by atoms with Crippen LogP contribution in [0.4, 0.5) is 5.13 Å². The Kier molecular flexibility index (Phi) is 3.35. The van der Waals surface area contributed by atoms with E-state index < -0.39 is 5.97 Å². The Labute approximate surface area is 103 Å². The number of nitrogens with zero attached hydrogens (tertiary/aromatic N) is 2. The molecule has 2 heterocycles. The lowest BCUT2D eigenvalue weighted by atomic mass is 10.00. The van der Waals surface area contributed by atoms with Crippen LogP contribution in [0, 0.1) is 5.92 Å². The molecule has 16 heavy (non-hydrogen) atoms. The molecule has 1 aromatic rings. The van der Waals surface area contributed by atoms with E-state index >= 15 is 0 Å². The van der Waals surface area contributed by atoms with Gasteiger partial charge in [-0.1, -0.05) is 29.9 Å². The second-order valence-corrected chi connectivity index (χ2v) is 5.43. The van der Waals surface area contributed by atoms with Crippen LogP contribution in [0.1, 0.15) is 29.4 Å². The average molecular weight is 261 g/mol. The van der Waals surface area contributed by atoms with Gasteiger partial charge in [0.1, 0.15) is 0 Å². The number of hydrogen-bond donors (Lipinski definition) is 1. The minimum Gasteiger partial charge on any atom is -0.477 e. The van der Waals surface area contributed by atoms with Gasteiger partial charge >= 0.3 is 5.97 Å². The molecule has 6 heteroatoms. The summed E-state index contributed by atoms with van der Waals surface area (Å²) in [6, 6.07) is 0. The van der Waals surface area contributed by atoms with Gasteiger partial charge in [0.25, 0.3) is 0 Å². The number of thiazole rings is 1. The van der Waals surface area contributed by atoms with E-state index in [4.69, 9.17) is 16.7 Å². The van der Waals surface area contributed by atoms with Crippen molar-refractivity contribution < 1.29 is 9.90 Å². The molecule has 0 aliphatic carbocycles. The molecule has 1 saturated heterocycles. The normalized spacial score (nSPS) is 17.8. The van der Waals surface area contributed by atoms with Crippen molar-refractivity contribution in [3.05, 3.63) is 10.0 Å². The summed E-state index contributed by atoms with van der Waals surface area (Å²) in [5.41, 5.74) is 0. The van der Waals surface area contributed by atoms with Crippen molar-refractivity contribution in [1.29, 1.82) is 0 Å². The van der Waals surface area contributed by atoms with Crippen LogP contribution in [-0.4, -0.2) is 29.1 Å². The largest absolute Gasteiger partial charge is 0.477 e. The molecule has 0 saturated carbocycles. The van der Waals surface area contributed by atoms with Crippen LogP contribution in [0.5, 0.6) is 0 Å². The van der Waals surface area contributed by atoms with Gasteiger partial charge in [0.2, 0.25) is 0 Å². The van der Waals surface area contributed by atoms with Gasteiger partial charge in [-0.05, 0) is 18.8 Å². The van der Waals surface area contributed by atoms with Crippen molar-refractivity contribution >= 4 is 34.0 Å². The highest BCUT2D eigenvalue weighted by atomic mass is 35.5. The molecule has 0 spiro atoms. The number of halogens is 1. The highest BCUT2D eigenvalue weighted by Crippen LogP contribution is 2.31. The fourth-order valence-electron chi connectivity index (χ4n) is 1.76. The Hall–Kier alpha value is -0.810. The SMILES string of the molecule is CC1CCN(c2nc(Cl)c(C(=O)O)s2)CC1. The summed E-state index contributed by atoms with van der Waals surface area (Å²) in [7, 11) is 0. The molecule has 0 aromatic carbocycles. The van der Waals surface area contributed by atoms with Crippen molar-refractivity contribution in [3.63, 3.8) is 0 Å². The smallest absolute Gasteiger partial charge is 0.349 e. The molecule has 88 valence electrons. The number of aromatic nitrogens is 1. The summed E-state index contributed by atoms with van der Waals surface area (Å²) in [5.74, 6) is -0.259. The lowest BCUT2D eigenvalue weighted by Crippen LogP contribution is -2.32. The monoisotopic (exact) mass is 260 g/mol. The van der Waals surface area contributed by atoms with E-state index in [1.807, 2.05) is 0 Å². The molecule has 1 aliphatic heterocycles. The van der Waals surface area contributed by atoms with Crippen molar-refractivity contribution in [2.24, 2.45) is 5.92 Å². The number of piperidine rings is 1. The second kappa shape index (κ2) is 4.59. The maximum atomic E-state index is 10.8. The van der Waals surface area contributed by atoms with Crippen LogP contribution in [0.15, 0.2) is 0 Å².